The third-order valence-corrected chi connectivity index (χ3v) is 4.45. The number of benzene rings is 1. The van der Waals surface area contributed by atoms with E-state index in [1.165, 1.54) is 16.7 Å². The number of rotatable bonds is 2. The standard InChI is InChI=1S/C17H16N2O3S/c1-10-4-7-13(14(20)8-10)18-17-19(3)16(21)15(23-17)9-12-6-5-11(2)22-12/h4-9,20H,1-3H3/b15-9-,18-17?. The Labute approximate surface area is 138 Å². The van der Waals surface area contributed by atoms with Crippen molar-refractivity contribution in [2.75, 3.05) is 7.05 Å². The van der Waals surface area contributed by atoms with Gasteiger partial charge in [-0.1, -0.05) is 6.07 Å². The molecule has 1 saturated heterocycles. The van der Waals surface area contributed by atoms with Crippen molar-refractivity contribution >= 4 is 34.6 Å². The molecule has 0 saturated carbocycles. The van der Waals surface area contributed by atoms with Gasteiger partial charge in [0.05, 0.1) is 4.91 Å². The van der Waals surface area contributed by atoms with Crippen molar-refractivity contribution in [1.82, 2.24) is 4.90 Å². The van der Waals surface area contributed by atoms with Gasteiger partial charge in [0.15, 0.2) is 5.17 Å². The van der Waals surface area contributed by atoms with E-state index in [9.17, 15) is 9.90 Å². The van der Waals surface area contributed by atoms with Gasteiger partial charge in [0.2, 0.25) is 0 Å². The first-order valence-corrected chi connectivity index (χ1v) is 7.88. The second kappa shape index (κ2) is 5.96. The Hall–Kier alpha value is -2.47. The third kappa shape index (κ3) is 3.17. The summed E-state index contributed by atoms with van der Waals surface area (Å²) in [6.45, 7) is 3.74. The SMILES string of the molecule is Cc1ccc(N=C2S/C(=C\c3ccc(C)o3)C(=O)N2C)c(O)c1. The van der Waals surface area contributed by atoms with Crippen LogP contribution in [0.4, 0.5) is 5.69 Å². The van der Waals surface area contributed by atoms with Crippen molar-refractivity contribution in [1.29, 1.82) is 0 Å². The molecule has 1 amide bonds. The van der Waals surface area contributed by atoms with E-state index >= 15 is 0 Å². The summed E-state index contributed by atoms with van der Waals surface area (Å²) >= 11 is 1.26. The number of carbonyl (C=O) groups excluding carboxylic acids is 1. The summed E-state index contributed by atoms with van der Waals surface area (Å²) in [6, 6.07) is 8.90. The number of thioether (sulfide) groups is 1. The van der Waals surface area contributed by atoms with Gasteiger partial charge in [-0.2, -0.15) is 0 Å². The lowest BCUT2D eigenvalue weighted by atomic mass is 10.2. The van der Waals surface area contributed by atoms with Crippen molar-refractivity contribution in [2.45, 2.75) is 13.8 Å². The number of aryl methyl sites for hydroxylation is 2. The predicted molar refractivity (Wildman–Crippen MR) is 91.7 cm³/mol. The average molecular weight is 328 g/mol. The maximum Gasteiger partial charge on any atom is 0.266 e. The Morgan fingerprint density at radius 2 is 2.04 bits per heavy atom. The maximum atomic E-state index is 12.3. The fraction of sp³-hybridized carbons (Fsp3) is 0.176. The van der Waals surface area contributed by atoms with E-state index in [4.69, 9.17) is 4.42 Å². The van der Waals surface area contributed by atoms with E-state index in [0.29, 0.717) is 21.5 Å². The van der Waals surface area contributed by atoms with Crippen LogP contribution in [0.25, 0.3) is 6.08 Å². The van der Waals surface area contributed by atoms with Crippen LogP contribution in [0.15, 0.2) is 44.6 Å². The van der Waals surface area contributed by atoms with Crippen LogP contribution in [0.2, 0.25) is 0 Å². The lowest BCUT2D eigenvalue weighted by Crippen LogP contribution is -2.23. The highest BCUT2D eigenvalue weighted by atomic mass is 32.2. The zero-order chi connectivity index (χ0) is 16.6. The van der Waals surface area contributed by atoms with Gasteiger partial charge in [-0.25, -0.2) is 4.99 Å². The number of phenols is 1. The minimum Gasteiger partial charge on any atom is -0.506 e. The fourth-order valence-electron chi connectivity index (χ4n) is 2.14. The molecule has 23 heavy (non-hydrogen) atoms. The van der Waals surface area contributed by atoms with E-state index in [-0.39, 0.29) is 11.7 Å². The quantitative estimate of drug-likeness (QED) is 0.851. The summed E-state index contributed by atoms with van der Waals surface area (Å²) in [4.78, 5) is 18.7. The molecule has 0 radical (unpaired) electrons. The van der Waals surface area contributed by atoms with Gasteiger partial charge >= 0.3 is 0 Å². The minimum absolute atomic E-state index is 0.0954. The van der Waals surface area contributed by atoms with Crippen LogP contribution in [0.5, 0.6) is 5.75 Å². The molecule has 0 atom stereocenters. The summed E-state index contributed by atoms with van der Waals surface area (Å²) in [5.74, 6) is 1.37. The molecule has 2 heterocycles. The Kier molecular flexibility index (Phi) is 4.00. The molecule has 1 N–H and O–H groups in total. The molecule has 0 spiro atoms. The molecular weight excluding hydrogens is 312 g/mol. The van der Waals surface area contributed by atoms with E-state index in [0.717, 1.165) is 11.3 Å². The fourth-order valence-corrected chi connectivity index (χ4v) is 3.10. The molecule has 0 unspecified atom stereocenters. The highest BCUT2D eigenvalue weighted by molar-refractivity contribution is 8.18. The molecule has 1 aromatic heterocycles. The van der Waals surface area contributed by atoms with Crippen LogP contribution in [-0.4, -0.2) is 28.1 Å². The molecule has 0 bridgehead atoms. The Bertz CT molecular complexity index is 836. The van der Waals surface area contributed by atoms with E-state index in [1.54, 1.807) is 25.3 Å². The number of likely N-dealkylation sites (N-methyl/N-ethyl adjacent to an activating group) is 1. The van der Waals surface area contributed by atoms with Crippen LogP contribution in [0.3, 0.4) is 0 Å². The second-order valence-corrected chi connectivity index (χ2v) is 6.32. The molecule has 3 rings (SSSR count). The van der Waals surface area contributed by atoms with E-state index in [2.05, 4.69) is 4.99 Å². The number of carbonyl (C=O) groups is 1. The monoisotopic (exact) mass is 328 g/mol. The number of aliphatic imine (C=N–C) groups is 1. The average Bonchev–Trinajstić information content (AvgIpc) is 3.01. The molecule has 0 aliphatic carbocycles. The second-order valence-electron chi connectivity index (χ2n) is 5.31. The normalized spacial score (nSPS) is 18.4. The molecule has 1 aliphatic rings. The predicted octanol–water partition coefficient (Wildman–Crippen LogP) is 3.84. The number of phenolic OH excluding ortho intramolecular Hbond substituents is 1. The van der Waals surface area contributed by atoms with Gasteiger partial charge in [-0.3, -0.25) is 9.69 Å². The van der Waals surface area contributed by atoms with Crippen molar-refractivity contribution in [3.8, 4) is 5.75 Å². The Morgan fingerprint density at radius 1 is 1.26 bits per heavy atom. The highest BCUT2D eigenvalue weighted by Gasteiger charge is 2.30. The molecule has 1 aromatic carbocycles. The van der Waals surface area contributed by atoms with Crippen molar-refractivity contribution in [3.63, 3.8) is 0 Å². The van der Waals surface area contributed by atoms with Gasteiger partial charge in [0.1, 0.15) is 23.0 Å². The molecule has 6 heteroatoms. The van der Waals surface area contributed by atoms with Crippen LogP contribution >= 0.6 is 11.8 Å². The van der Waals surface area contributed by atoms with E-state index < -0.39 is 0 Å². The van der Waals surface area contributed by atoms with Gasteiger partial charge in [-0.05, 0) is 55.4 Å². The van der Waals surface area contributed by atoms with Crippen molar-refractivity contribution in [3.05, 3.63) is 52.3 Å². The van der Waals surface area contributed by atoms with Gasteiger partial charge in [-0.15, -0.1) is 0 Å². The smallest absolute Gasteiger partial charge is 0.266 e. The summed E-state index contributed by atoms with van der Waals surface area (Å²) in [7, 11) is 1.66. The Morgan fingerprint density at radius 3 is 2.70 bits per heavy atom. The first kappa shape index (κ1) is 15.4. The lowest BCUT2D eigenvalue weighted by molar-refractivity contribution is -0.121. The zero-order valence-corrected chi connectivity index (χ0v) is 13.8. The van der Waals surface area contributed by atoms with Crippen molar-refractivity contribution < 1.29 is 14.3 Å². The summed E-state index contributed by atoms with van der Waals surface area (Å²) in [6.07, 6.45) is 1.70. The first-order chi connectivity index (χ1) is 10.9. The number of aromatic hydroxyl groups is 1. The van der Waals surface area contributed by atoms with Crippen molar-refractivity contribution in [2.24, 2.45) is 4.99 Å². The molecule has 1 aliphatic heterocycles. The number of nitrogens with zero attached hydrogens (tertiary/aromatic N) is 2. The number of amides is 1. The molecule has 1 fully saturated rings. The number of hydrogen-bond donors (Lipinski definition) is 1. The van der Waals surface area contributed by atoms with Crippen LogP contribution in [-0.2, 0) is 4.79 Å². The van der Waals surface area contributed by atoms with Gasteiger partial charge in [0.25, 0.3) is 5.91 Å². The molecule has 5 nitrogen and oxygen atoms in total. The lowest BCUT2D eigenvalue weighted by Gasteiger charge is -2.08. The zero-order valence-electron chi connectivity index (χ0n) is 13.0. The first-order valence-electron chi connectivity index (χ1n) is 7.06. The molecular formula is C17H16N2O3S. The van der Waals surface area contributed by atoms with E-state index in [1.807, 2.05) is 32.0 Å². The van der Waals surface area contributed by atoms with Gasteiger partial charge < -0.3 is 9.52 Å². The summed E-state index contributed by atoms with van der Waals surface area (Å²) in [5, 5.41) is 10.5. The van der Waals surface area contributed by atoms with Crippen LogP contribution in [0.1, 0.15) is 17.1 Å². The number of furan rings is 1. The molecule has 118 valence electrons. The maximum absolute atomic E-state index is 12.3. The van der Waals surface area contributed by atoms with Crippen LogP contribution in [0, 0.1) is 13.8 Å². The number of amidine groups is 1. The Balaban J connectivity index is 1.91. The van der Waals surface area contributed by atoms with Gasteiger partial charge in [0, 0.05) is 13.1 Å². The minimum atomic E-state index is -0.144. The topological polar surface area (TPSA) is 66.0 Å². The highest BCUT2D eigenvalue weighted by Crippen LogP contribution is 2.35. The number of hydrogen-bond acceptors (Lipinski definition) is 5. The van der Waals surface area contributed by atoms with Crippen LogP contribution < -0.4 is 0 Å². The molecule has 2 aromatic rings. The summed E-state index contributed by atoms with van der Waals surface area (Å²) < 4.78 is 5.47. The summed E-state index contributed by atoms with van der Waals surface area (Å²) in [5.41, 5.74) is 1.39. The largest absolute Gasteiger partial charge is 0.506 e. The third-order valence-electron chi connectivity index (χ3n) is 3.39.